The van der Waals surface area contributed by atoms with Crippen LogP contribution >= 0.6 is 0 Å². The molecule has 2 aliphatic carbocycles. The van der Waals surface area contributed by atoms with Crippen LogP contribution in [0.2, 0.25) is 0 Å². The molecule has 2 aliphatic rings. The van der Waals surface area contributed by atoms with E-state index in [0.717, 1.165) is 50.7 Å². The summed E-state index contributed by atoms with van der Waals surface area (Å²) < 4.78 is 7.17. The number of anilines is 5. The summed E-state index contributed by atoms with van der Waals surface area (Å²) in [5.74, 6) is 0. The van der Waals surface area contributed by atoms with Crippen molar-refractivity contribution in [2.75, 3.05) is 9.80 Å². The van der Waals surface area contributed by atoms with Crippen LogP contribution in [-0.4, -0.2) is 0 Å². The van der Waals surface area contributed by atoms with Crippen molar-refractivity contribution in [3.05, 3.63) is 208 Å². The molecule has 0 bridgehead atoms. The monoisotopic (exact) mass is 975 g/mol. The fourth-order valence-electron chi connectivity index (χ4n) is 11.7. The topological polar surface area (TPSA) is 19.6 Å². The summed E-state index contributed by atoms with van der Waals surface area (Å²) in [6, 6.07) is 50.5. The van der Waals surface area contributed by atoms with Gasteiger partial charge < -0.3 is 14.2 Å². The molecule has 0 amide bonds. The molecular weight excluding hydrogens is 897 g/mol. The summed E-state index contributed by atoms with van der Waals surface area (Å²) in [4.78, 5) is 4.83. The van der Waals surface area contributed by atoms with Crippen molar-refractivity contribution in [1.29, 1.82) is 0 Å². The van der Waals surface area contributed by atoms with Crippen LogP contribution in [0, 0.1) is 5.41 Å². The Balaban J connectivity index is 1.18. The highest BCUT2D eigenvalue weighted by Crippen LogP contribution is 2.64. The van der Waals surface area contributed by atoms with Crippen LogP contribution in [0.25, 0.3) is 44.2 Å². The SMILES string of the molecule is C=C/C(=C\C=C(/C)C(C)(C)C)N(c1ccc(C(C)(C)C)cc1)c1ccc2c(c1)C(C)(C)c1c3c(c4oc5ccccc5c4c1-2)-c1ccc(N(c2ccc(C(C)(C)C)cc2)c2ccc(C(C)(C)C)cc2)cc1C3(C)C. The Kier molecular flexibility index (Phi) is 11.9. The van der Waals surface area contributed by atoms with E-state index in [2.05, 4.69) is 280 Å². The van der Waals surface area contributed by atoms with Gasteiger partial charge in [-0.2, -0.15) is 0 Å². The van der Waals surface area contributed by atoms with Crippen molar-refractivity contribution in [2.45, 2.75) is 145 Å². The number of para-hydroxylation sites is 1. The highest BCUT2D eigenvalue weighted by atomic mass is 16.3. The molecule has 0 aliphatic heterocycles. The maximum Gasteiger partial charge on any atom is 0.144 e. The Bertz CT molecular complexity index is 3520. The van der Waals surface area contributed by atoms with E-state index in [1.165, 1.54) is 72.2 Å². The average molecular weight is 975 g/mol. The van der Waals surface area contributed by atoms with Gasteiger partial charge in [-0.25, -0.2) is 0 Å². The molecule has 0 fully saturated rings. The molecule has 0 spiro atoms. The molecule has 74 heavy (non-hydrogen) atoms. The van der Waals surface area contributed by atoms with Crippen LogP contribution in [0.15, 0.2) is 174 Å². The van der Waals surface area contributed by atoms with Crippen molar-refractivity contribution in [2.24, 2.45) is 5.41 Å². The van der Waals surface area contributed by atoms with Gasteiger partial charge in [-0.05, 0) is 163 Å². The number of benzene rings is 7. The average Bonchev–Trinajstić information content (AvgIpc) is 3.91. The van der Waals surface area contributed by atoms with Crippen molar-refractivity contribution in [1.82, 2.24) is 0 Å². The van der Waals surface area contributed by atoms with E-state index < -0.39 is 0 Å². The van der Waals surface area contributed by atoms with Crippen LogP contribution < -0.4 is 9.80 Å². The van der Waals surface area contributed by atoms with E-state index in [9.17, 15) is 0 Å². The zero-order valence-corrected chi connectivity index (χ0v) is 47.4. The minimum Gasteiger partial charge on any atom is -0.455 e. The number of furan rings is 1. The molecule has 0 saturated carbocycles. The standard InChI is InChI=1S/C71H78N2O/c1-19-48(31-24-44(2)66(3,4)5)72(49-32-25-45(26-33-49)67(6,7)8)52-38-40-54-57(42-52)70(15,16)63-60(54)61-56-22-20-21-23-59(56)74-65(61)62-55-41-39-53(43-58(55)71(17,18)64(62)63)73(50-34-27-46(28-35-50)68(9,10)11)51-36-29-47(30-37-51)69(12,13)14/h19-43H,1H2,2-18H3/b44-24+,48-31+. The van der Waals surface area contributed by atoms with Gasteiger partial charge in [-0.3, -0.25) is 0 Å². The molecule has 10 rings (SSSR count). The van der Waals surface area contributed by atoms with Crippen LogP contribution in [0.1, 0.15) is 157 Å². The van der Waals surface area contributed by atoms with Crippen LogP contribution in [0.5, 0.6) is 0 Å². The zero-order chi connectivity index (χ0) is 53.2. The lowest BCUT2D eigenvalue weighted by Gasteiger charge is -2.32. The van der Waals surface area contributed by atoms with Gasteiger partial charge in [0.25, 0.3) is 0 Å². The smallest absolute Gasteiger partial charge is 0.144 e. The lowest BCUT2D eigenvalue weighted by atomic mass is 9.72. The Morgan fingerprint density at radius 3 is 1.42 bits per heavy atom. The maximum atomic E-state index is 7.17. The Morgan fingerprint density at radius 2 is 0.932 bits per heavy atom. The van der Waals surface area contributed by atoms with Gasteiger partial charge in [0.1, 0.15) is 11.2 Å². The molecule has 7 aromatic carbocycles. The molecule has 0 unspecified atom stereocenters. The first-order valence-corrected chi connectivity index (χ1v) is 26.9. The first kappa shape index (κ1) is 50.7. The predicted molar refractivity (Wildman–Crippen MR) is 320 cm³/mol. The van der Waals surface area contributed by atoms with Crippen molar-refractivity contribution in [3.63, 3.8) is 0 Å². The van der Waals surface area contributed by atoms with Crippen LogP contribution in [0.3, 0.4) is 0 Å². The lowest BCUT2D eigenvalue weighted by molar-refractivity contribution is 0.504. The summed E-state index contributed by atoms with van der Waals surface area (Å²) in [5.41, 5.74) is 23.5. The van der Waals surface area contributed by atoms with Crippen molar-refractivity contribution < 1.29 is 4.42 Å². The molecule has 3 nitrogen and oxygen atoms in total. The van der Waals surface area contributed by atoms with E-state index in [4.69, 9.17) is 4.42 Å². The first-order valence-electron chi connectivity index (χ1n) is 26.9. The third-order valence-electron chi connectivity index (χ3n) is 16.6. The molecule has 0 saturated heterocycles. The van der Waals surface area contributed by atoms with E-state index in [0.29, 0.717) is 0 Å². The normalized spacial score (nSPS) is 15.3. The quantitative estimate of drug-likeness (QED) is 0.142. The minimum atomic E-state index is -0.380. The lowest BCUT2D eigenvalue weighted by Crippen LogP contribution is -2.25. The summed E-state index contributed by atoms with van der Waals surface area (Å²) >= 11 is 0. The number of hydrogen-bond acceptors (Lipinski definition) is 3. The van der Waals surface area contributed by atoms with Gasteiger partial charge in [0.05, 0.1) is 0 Å². The predicted octanol–water partition coefficient (Wildman–Crippen LogP) is 20.8. The molecular formula is C71H78N2O. The summed E-state index contributed by atoms with van der Waals surface area (Å²) in [5, 5.41) is 2.35. The Morgan fingerprint density at radius 1 is 0.500 bits per heavy atom. The summed E-state index contributed by atoms with van der Waals surface area (Å²) in [7, 11) is 0. The van der Waals surface area contributed by atoms with Crippen molar-refractivity contribution in [3.8, 4) is 22.3 Å². The van der Waals surface area contributed by atoms with E-state index in [1.807, 2.05) is 6.08 Å². The molecule has 0 atom stereocenters. The second kappa shape index (κ2) is 17.4. The Hall–Kier alpha value is -6.84. The summed E-state index contributed by atoms with van der Waals surface area (Å²) in [6.07, 6.45) is 6.51. The van der Waals surface area contributed by atoms with Crippen LogP contribution in [0.4, 0.5) is 28.4 Å². The number of fused-ring (bicyclic) bond motifs is 12. The molecule has 8 aromatic rings. The first-order chi connectivity index (χ1) is 34.6. The maximum absolute atomic E-state index is 7.17. The molecule has 1 heterocycles. The number of nitrogens with zero attached hydrogens (tertiary/aromatic N) is 2. The Labute approximate surface area is 443 Å². The number of allylic oxidation sites excluding steroid dienone is 4. The van der Waals surface area contributed by atoms with Gasteiger partial charge >= 0.3 is 0 Å². The van der Waals surface area contributed by atoms with Gasteiger partial charge in [-0.15, -0.1) is 0 Å². The molecule has 378 valence electrons. The second-order valence-corrected chi connectivity index (χ2v) is 26.5. The molecule has 0 radical (unpaired) electrons. The highest BCUT2D eigenvalue weighted by Gasteiger charge is 2.49. The zero-order valence-electron chi connectivity index (χ0n) is 47.4. The fraction of sp³-hybridized carbons (Fsp3) is 0.324. The molecule has 1 aromatic heterocycles. The molecule has 0 N–H and O–H groups in total. The fourth-order valence-corrected chi connectivity index (χ4v) is 11.7. The molecule has 3 heteroatoms. The largest absolute Gasteiger partial charge is 0.455 e. The van der Waals surface area contributed by atoms with E-state index in [-0.39, 0.29) is 32.5 Å². The van der Waals surface area contributed by atoms with E-state index in [1.54, 1.807) is 0 Å². The van der Waals surface area contributed by atoms with E-state index >= 15 is 0 Å². The van der Waals surface area contributed by atoms with Gasteiger partial charge in [-0.1, -0.05) is 196 Å². The van der Waals surface area contributed by atoms with Gasteiger partial charge in [0.2, 0.25) is 0 Å². The highest BCUT2D eigenvalue weighted by molar-refractivity contribution is 6.21. The minimum absolute atomic E-state index is 0.0321. The summed E-state index contributed by atoms with van der Waals surface area (Å²) in [6.45, 7) is 43.8. The van der Waals surface area contributed by atoms with Crippen LogP contribution in [-0.2, 0) is 27.1 Å². The van der Waals surface area contributed by atoms with Crippen molar-refractivity contribution >= 4 is 50.4 Å². The van der Waals surface area contributed by atoms with Gasteiger partial charge in [0, 0.05) is 61.3 Å². The third kappa shape index (κ3) is 8.36. The number of rotatable bonds is 8. The van der Waals surface area contributed by atoms with Gasteiger partial charge in [0.15, 0.2) is 0 Å². The number of hydrogen-bond donors (Lipinski definition) is 0. The second-order valence-electron chi connectivity index (χ2n) is 26.5. The third-order valence-corrected chi connectivity index (χ3v) is 16.6.